The lowest BCUT2D eigenvalue weighted by molar-refractivity contribution is -0.386. The number of rotatable bonds is 5. The van der Waals surface area contributed by atoms with Gasteiger partial charge in [-0.25, -0.2) is 8.42 Å². The zero-order valence-corrected chi connectivity index (χ0v) is 12.8. The molecule has 0 spiro atoms. The molecule has 1 aromatic rings. The number of aromatic nitrogens is 1. The molecule has 112 valence electrons. The molecular weight excluding hydrogens is 282 g/mol. The molecule has 1 rings (SSSR count). The largest absolute Gasteiger partial charge is 0.325 e. The second kappa shape index (κ2) is 5.45. The number of hydrogen-bond acceptors (Lipinski definition) is 6. The third kappa shape index (κ3) is 4.24. The SMILES string of the molecule is Cc1cnc(CS(=O)(=O)CC(C)(C)N)c(C)c1[N+](=O)[O-]. The van der Waals surface area contributed by atoms with Crippen LogP contribution in [0.5, 0.6) is 0 Å². The molecule has 0 amide bonds. The maximum Gasteiger partial charge on any atom is 0.278 e. The third-order valence-corrected chi connectivity index (χ3v) is 4.60. The van der Waals surface area contributed by atoms with Crippen LogP contribution in [0.15, 0.2) is 6.20 Å². The van der Waals surface area contributed by atoms with E-state index in [1.807, 2.05) is 0 Å². The fraction of sp³-hybridized carbons (Fsp3) is 0.583. The van der Waals surface area contributed by atoms with Gasteiger partial charge < -0.3 is 5.73 Å². The molecule has 0 fully saturated rings. The summed E-state index contributed by atoms with van der Waals surface area (Å²) in [5.74, 6) is -0.552. The predicted octanol–water partition coefficient (Wildman–Crippen LogP) is 1.26. The van der Waals surface area contributed by atoms with Crippen LogP contribution in [0.1, 0.15) is 30.7 Å². The van der Waals surface area contributed by atoms with Crippen molar-refractivity contribution in [2.75, 3.05) is 5.75 Å². The van der Waals surface area contributed by atoms with Crippen LogP contribution in [0.3, 0.4) is 0 Å². The normalized spacial score (nSPS) is 12.4. The fourth-order valence-corrected chi connectivity index (χ4v) is 3.96. The number of aryl methyl sites for hydroxylation is 1. The molecular formula is C12H19N3O4S. The van der Waals surface area contributed by atoms with Gasteiger partial charge in [0.1, 0.15) is 0 Å². The predicted molar refractivity (Wildman–Crippen MR) is 76.1 cm³/mol. The van der Waals surface area contributed by atoms with Crippen LogP contribution in [0, 0.1) is 24.0 Å². The minimum Gasteiger partial charge on any atom is -0.325 e. The summed E-state index contributed by atoms with van der Waals surface area (Å²) in [7, 11) is -3.48. The van der Waals surface area contributed by atoms with Crippen molar-refractivity contribution >= 4 is 15.5 Å². The zero-order valence-electron chi connectivity index (χ0n) is 12.0. The minimum atomic E-state index is -3.48. The van der Waals surface area contributed by atoms with Crippen molar-refractivity contribution in [1.82, 2.24) is 4.98 Å². The van der Waals surface area contributed by atoms with Crippen molar-refractivity contribution in [3.8, 4) is 0 Å². The quantitative estimate of drug-likeness (QED) is 0.646. The number of nitrogens with zero attached hydrogens (tertiary/aromatic N) is 2. The van der Waals surface area contributed by atoms with E-state index in [0.29, 0.717) is 5.56 Å². The molecule has 0 unspecified atom stereocenters. The fourth-order valence-electron chi connectivity index (χ4n) is 2.02. The Kier molecular flexibility index (Phi) is 4.50. The van der Waals surface area contributed by atoms with Gasteiger partial charge in [-0.3, -0.25) is 15.1 Å². The molecule has 0 saturated heterocycles. The molecule has 7 nitrogen and oxygen atoms in total. The molecule has 2 N–H and O–H groups in total. The lowest BCUT2D eigenvalue weighted by Crippen LogP contribution is -2.40. The van der Waals surface area contributed by atoms with Crippen molar-refractivity contribution in [2.45, 2.75) is 39.0 Å². The Hall–Kier alpha value is -1.54. The van der Waals surface area contributed by atoms with Gasteiger partial charge in [0.15, 0.2) is 9.84 Å². The van der Waals surface area contributed by atoms with Crippen LogP contribution in [0.25, 0.3) is 0 Å². The van der Waals surface area contributed by atoms with E-state index in [0.717, 1.165) is 0 Å². The maximum atomic E-state index is 12.0. The summed E-state index contributed by atoms with van der Waals surface area (Å²) in [4.78, 5) is 14.5. The molecule has 0 atom stereocenters. The first kappa shape index (κ1) is 16.5. The van der Waals surface area contributed by atoms with E-state index in [1.165, 1.54) is 13.1 Å². The second-order valence-electron chi connectivity index (χ2n) is 5.64. The number of nitro groups is 1. The van der Waals surface area contributed by atoms with Gasteiger partial charge in [0.2, 0.25) is 0 Å². The summed E-state index contributed by atoms with van der Waals surface area (Å²) in [6.07, 6.45) is 1.32. The molecule has 1 heterocycles. The smallest absolute Gasteiger partial charge is 0.278 e. The average molecular weight is 301 g/mol. The lowest BCUT2D eigenvalue weighted by Gasteiger charge is -2.18. The van der Waals surface area contributed by atoms with Crippen LogP contribution in [-0.2, 0) is 15.6 Å². The monoisotopic (exact) mass is 301 g/mol. The van der Waals surface area contributed by atoms with Gasteiger partial charge in [0.25, 0.3) is 5.69 Å². The number of sulfone groups is 1. The molecule has 0 aromatic carbocycles. The van der Waals surface area contributed by atoms with E-state index in [2.05, 4.69) is 4.98 Å². The van der Waals surface area contributed by atoms with Crippen LogP contribution in [0.2, 0.25) is 0 Å². The van der Waals surface area contributed by atoms with E-state index in [4.69, 9.17) is 5.73 Å². The summed E-state index contributed by atoms with van der Waals surface area (Å²) in [5.41, 5.74) is 5.66. The average Bonchev–Trinajstić information content (AvgIpc) is 2.18. The summed E-state index contributed by atoms with van der Waals surface area (Å²) in [5, 5.41) is 11.0. The van der Waals surface area contributed by atoms with Crippen molar-refractivity contribution < 1.29 is 13.3 Å². The van der Waals surface area contributed by atoms with Crippen LogP contribution in [-0.4, -0.2) is 29.6 Å². The lowest BCUT2D eigenvalue weighted by atomic mass is 10.1. The van der Waals surface area contributed by atoms with Crippen molar-refractivity contribution in [3.05, 3.63) is 33.1 Å². The molecule has 0 aliphatic rings. The Bertz CT molecular complexity index is 633. The van der Waals surface area contributed by atoms with E-state index in [-0.39, 0.29) is 28.5 Å². The highest BCUT2D eigenvalue weighted by Crippen LogP contribution is 2.25. The molecule has 1 aromatic heterocycles. The number of pyridine rings is 1. The van der Waals surface area contributed by atoms with E-state index in [1.54, 1.807) is 20.8 Å². The highest BCUT2D eigenvalue weighted by atomic mass is 32.2. The van der Waals surface area contributed by atoms with Gasteiger partial charge in [-0.2, -0.15) is 0 Å². The Labute approximate surface area is 118 Å². The molecule has 0 saturated carbocycles. The molecule has 0 aliphatic carbocycles. The highest BCUT2D eigenvalue weighted by Gasteiger charge is 2.26. The molecule has 0 radical (unpaired) electrons. The van der Waals surface area contributed by atoms with Crippen LogP contribution < -0.4 is 5.73 Å². The van der Waals surface area contributed by atoms with Crippen LogP contribution >= 0.6 is 0 Å². The standard InChI is InChI=1S/C12H19N3O4S/c1-8-5-14-10(9(2)11(8)15(16)17)6-20(18,19)7-12(3,4)13/h5H,6-7,13H2,1-4H3. The number of nitrogens with two attached hydrogens (primary N) is 1. The van der Waals surface area contributed by atoms with Gasteiger partial charge in [0.05, 0.1) is 22.1 Å². The molecule has 0 bridgehead atoms. The van der Waals surface area contributed by atoms with Crippen molar-refractivity contribution in [2.24, 2.45) is 5.73 Å². The molecule has 20 heavy (non-hydrogen) atoms. The first-order chi connectivity index (χ1) is 8.93. The van der Waals surface area contributed by atoms with Crippen molar-refractivity contribution in [3.63, 3.8) is 0 Å². The van der Waals surface area contributed by atoms with Crippen LogP contribution in [0.4, 0.5) is 5.69 Å². The van der Waals surface area contributed by atoms with E-state index < -0.39 is 20.3 Å². The summed E-state index contributed by atoms with van der Waals surface area (Å²) in [6, 6.07) is 0. The van der Waals surface area contributed by atoms with Gasteiger partial charge in [0, 0.05) is 22.9 Å². The third-order valence-electron chi connectivity index (χ3n) is 2.71. The topological polar surface area (TPSA) is 116 Å². The summed E-state index contributed by atoms with van der Waals surface area (Å²) < 4.78 is 24.1. The van der Waals surface area contributed by atoms with Crippen molar-refractivity contribution in [1.29, 1.82) is 0 Å². The zero-order chi connectivity index (χ0) is 15.7. The first-order valence-corrected chi connectivity index (χ1v) is 7.84. The Morgan fingerprint density at radius 2 is 1.95 bits per heavy atom. The Balaban J connectivity index is 3.18. The Morgan fingerprint density at radius 3 is 2.40 bits per heavy atom. The van der Waals surface area contributed by atoms with Gasteiger partial charge >= 0.3 is 0 Å². The highest BCUT2D eigenvalue weighted by molar-refractivity contribution is 7.90. The maximum absolute atomic E-state index is 12.0. The molecule has 0 aliphatic heterocycles. The summed E-state index contributed by atoms with van der Waals surface area (Å²) in [6.45, 7) is 6.31. The van der Waals surface area contributed by atoms with E-state index >= 15 is 0 Å². The van der Waals surface area contributed by atoms with Gasteiger partial charge in [-0.1, -0.05) is 0 Å². The number of hydrogen-bond donors (Lipinski definition) is 1. The van der Waals surface area contributed by atoms with E-state index in [9.17, 15) is 18.5 Å². The minimum absolute atomic E-state index is 0.0859. The Morgan fingerprint density at radius 1 is 1.40 bits per heavy atom. The summed E-state index contributed by atoms with van der Waals surface area (Å²) >= 11 is 0. The molecule has 8 heteroatoms. The second-order valence-corrected chi connectivity index (χ2v) is 7.70. The first-order valence-electron chi connectivity index (χ1n) is 6.02. The van der Waals surface area contributed by atoms with Gasteiger partial charge in [-0.15, -0.1) is 0 Å². The van der Waals surface area contributed by atoms with Gasteiger partial charge in [-0.05, 0) is 27.7 Å².